The average molecular weight is 500 g/mol. The van der Waals surface area contributed by atoms with Crippen LogP contribution in [0.4, 0.5) is 5.69 Å². The van der Waals surface area contributed by atoms with E-state index in [0.29, 0.717) is 11.5 Å². The Balaban J connectivity index is 1.27. The zero-order valence-electron chi connectivity index (χ0n) is 23.2. The molecule has 5 unspecified atom stereocenters. The molecular weight excluding hydrogens is 458 g/mol. The van der Waals surface area contributed by atoms with E-state index in [1.807, 2.05) is 6.08 Å². The molecule has 2 aromatic rings. The zero-order chi connectivity index (χ0) is 25.5. The molecular formula is C37H41N. The summed E-state index contributed by atoms with van der Waals surface area (Å²) in [6, 6.07) is 17.6. The SMILES string of the molecule is CCCCCC(C)N(C1=CC=CC#CC1)c1ccc2c(c1)C1(c3ccccc3-2)C2CC3CC4CC1C2(C3)C4. The molecule has 4 fully saturated rings. The highest BCUT2D eigenvalue weighted by Crippen LogP contribution is 2.85. The van der Waals surface area contributed by atoms with Crippen molar-refractivity contribution < 1.29 is 0 Å². The average Bonchev–Trinajstić information content (AvgIpc) is 3.31. The highest BCUT2D eigenvalue weighted by atomic mass is 15.2. The largest absolute Gasteiger partial charge is 0.341 e. The Bertz CT molecular complexity index is 1390. The van der Waals surface area contributed by atoms with Crippen LogP contribution in [-0.2, 0) is 5.41 Å². The molecule has 0 aromatic heterocycles. The lowest BCUT2D eigenvalue weighted by Gasteiger charge is -2.64. The quantitative estimate of drug-likeness (QED) is 0.271. The molecule has 4 saturated carbocycles. The summed E-state index contributed by atoms with van der Waals surface area (Å²) < 4.78 is 0. The third-order valence-corrected chi connectivity index (χ3v) is 11.8. The van der Waals surface area contributed by atoms with Crippen LogP contribution in [-0.4, -0.2) is 6.04 Å². The number of allylic oxidation sites excluding steroid dienone is 4. The van der Waals surface area contributed by atoms with Gasteiger partial charge in [-0.2, -0.15) is 0 Å². The first-order valence-corrected chi connectivity index (χ1v) is 15.5. The Morgan fingerprint density at radius 2 is 1.74 bits per heavy atom. The Morgan fingerprint density at radius 1 is 0.947 bits per heavy atom. The molecule has 8 rings (SSSR count). The van der Waals surface area contributed by atoms with Gasteiger partial charge in [0.1, 0.15) is 0 Å². The molecule has 0 heterocycles. The van der Waals surface area contributed by atoms with Crippen molar-refractivity contribution >= 4 is 5.69 Å². The van der Waals surface area contributed by atoms with Crippen molar-refractivity contribution in [3.8, 4) is 23.0 Å². The maximum atomic E-state index is 3.40. The van der Waals surface area contributed by atoms with Crippen molar-refractivity contribution in [3.05, 3.63) is 77.5 Å². The Kier molecular flexibility index (Phi) is 5.12. The van der Waals surface area contributed by atoms with E-state index in [4.69, 9.17) is 0 Å². The van der Waals surface area contributed by atoms with Crippen LogP contribution in [0.15, 0.2) is 66.4 Å². The monoisotopic (exact) mass is 499 g/mol. The van der Waals surface area contributed by atoms with E-state index >= 15 is 0 Å². The van der Waals surface area contributed by atoms with Crippen LogP contribution in [0.3, 0.4) is 0 Å². The van der Waals surface area contributed by atoms with Crippen LogP contribution in [0.25, 0.3) is 11.1 Å². The number of hydrogen-bond acceptors (Lipinski definition) is 1. The van der Waals surface area contributed by atoms with Gasteiger partial charge >= 0.3 is 0 Å². The Labute approximate surface area is 229 Å². The van der Waals surface area contributed by atoms with E-state index < -0.39 is 0 Å². The van der Waals surface area contributed by atoms with E-state index in [0.717, 1.165) is 30.1 Å². The number of nitrogens with zero attached hydrogens (tertiary/aromatic N) is 1. The molecule has 6 aliphatic carbocycles. The Morgan fingerprint density at radius 3 is 2.55 bits per heavy atom. The summed E-state index contributed by atoms with van der Waals surface area (Å²) >= 11 is 0. The van der Waals surface area contributed by atoms with Gasteiger partial charge in [0.25, 0.3) is 0 Å². The maximum absolute atomic E-state index is 3.40. The molecule has 1 nitrogen and oxygen atoms in total. The summed E-state index contributed by atoms with van der Waals surface area (Å²) in [7, 11) is 0. The minimum atomic E-state index is 0.251. The second-order valence-corrected chi connectivity index (χ2v) is 13.6. The smallest absolute Gasteiger partial charge is 0.0497 e. The summed E-state index contributed by atoms with van der Waals surface area (Å²) in [6.45, 7) is 4.75. The van der Waals surface area contributed by atoms with Crippen molar-refractivity contribution in [2.45, 2.75) is 89.5 Å². The predicted molar refractivity (Wildman–Crippen MR) is 158 cm³/mol. The van der Waals surface area contributed by atoms with Crippen molar-refractivity contribution in [1.82, 2.24) is 0 Å². The number of hydrogen-bond donors (Lipinski definition) is 0. The molecule has 1 heteroatoms. The minimum absolute atomic E-state index is 0.251. The molecule has 0 amide bonds. The molecule has 6 aliphatic rings. The second kappa shape index (κ2) is 8.39. The van der Waals surface area contributed by atoms with Gasteiger partial charge < -0.3 is 4.90 Å². The van der Waals surface area contributed by atoms with Crippen LogP contribution in [0.1, 0.15) is 89.2 Å². The van der Waals surface area contributed by atoms with Gasteiger partial charge in [-0.1, -0.05) is 74.4 Å². The fourth-order valence-corrected chi connectivity index (χ4v) is 10.9. The van der Waals surface area contributed by atoms with Gasteiger partial charge in [-0.05, 0) is 121 Å². The van der Waals surface area contributed by atoms with Gasteiger partial charge in [0.05, 0.1) is 0 Å². The summed E-state index contributed by atoms with van der Waals surface area (Å²) in [5.74, 6) is 10.3. The Hall–Kier alpha value is -2.72. The summed E-state index contributed by atoms with van der Waals surface area (Å²) in [5, 5.41) is 0. The second-order valence-electron chi connectivity index (χ2n) is 13.6. The van der Waals surface area contributed by atoms with Crippen molar-refractivity contribution in [2.75, 3.05) is 4.90 Å². The first kappa shape index (κ1) is 23.2. The number of fused-ring (bicyclic) bond motifs is 9. The topological polar surface area (TPSA) is 3.24 Å². The number of unbranched alkanes of at least 4 members (excludes halogenated alkanes) is 2. The fourth-order valence-electron chi connectivity index (χ4n) is 10.9. The highest BCUT2D eigenvalue weighted by molar-refractivity contribution is 5.85. The molecule has 3 bridgehead atoms. The van der Waals surface area contributed by atoms with Crippen LogP contribution in [0, 0.1) is 40.9 Å². The molecule has 38 heavy (non-hydrogen) atoms. The maximum Gasteiger partial charge on any atom is 0.0497 e. The zero-order valence-corrected chi connectivity index (χ0v) is 23.2. The van der Waals surface area contributed by atoms with Gasteiger partial charge in [0.2, 0.25) is 0 Å². The summed E-state index contributed by atoms with van der Waals surface area (Å²) in [5.41, 5.74) is 10.0. The van der Waals surface area contributed by atoms with Gasteiger partial charge in [-0.3, -0.25) is 0 Å². The summed E-state index contributed by atoms with van der Waals surface area (Å²) in [4.78, 5) is 2.66. The van der Waals surface area contributed by atoms with Gasteiger partial charge in [-0.15, -0.1) is 0 Å². The molecule has 5 atom stereocenters. The van der Waals surface area contributed by atoms with Crippen LogP contribution >= 0.6 is 0 Å². The molecule has 0 N–H and O–H groups in total. The third-order valence-electron chi connectivity index (χ3n) is 11.8. The lowest BCUT2D eigenvalue weighted by molar-refractivity contribution is -0.0820. The van der Waals surface area contributed by atoms with E-state index in [2.05, 4.69) is 85.2 Å². The van der Waals surface area contributed by atoms with Crippen LogP contribution in [0.2, 0.25) is 0 Å². The normalized spacial score (nSPS) is 35.1. The van der Waals surface area contributed by atoms with Crippen molar-refractivity contribution in [3.63, 3.8) is 0 Å². The van der Waals surface area contributed by atoms with Gasteiger partial charge in [-0.25, -0.2) is 0 Å². The first-order valence-electron chi connectivity index (χ1n) is 15.5. The highest BCUT2D eigenvalue weighted by Gasteiger charge is 2.79. The first-order chi connectivity index (χ1) is 18.7. The van der Waals surface area contributed by atoms with E-state index in [9.17, 15) is 0 Å². The third kappa shape index (κ3) is 2.90. The number of anilines is 1. The lowest BCUT2D eigenvalue weighted by Crippen LogP contribution is -2.62. The molecule has 0 aliphatic heterocycles. The van der Waals surface area contributed by atoms with Crippen LogP contribution < -0.4 is 4.90 Å². The van der Waals surface area contributed by atoms with E-state index in [1.165, 1.54) is 80.3 Å². The van der Waals surface area contributed by atoms with Crippen LogP contribution in [0.5, 0.6) is 0 Å². The standard InChI is InChI=1S/C37H41N/c1-3-4-7-12-25(2)38(28-13-8-5-6-9-14-28)29-17-18-31-30-15-10-11-16-32(30)37(33(31)22-29)34-20-26-19-27-21-35(37)36(34,23-26)24-27/h5,8,10-11,13,15-18,22,25-27,34-35H,3-4,7,12,14,19-21,23-24H2,1-2H3. The number of rotatable bonds is 7. The molecule has 2 spiro atoms. The van der Waals surface area contributed by atoms with E-state index in [-0.39, 0.29) is 5.41 Å². The fraction of sp³-hybridized carbons (Fsp3) is 0.514. The molecule has 2 aromatic carbocycles. The minimum Gasteiger partial charge on any atom is -0.341 e. The predicted octanol–water partition coefficient (Wildman–Crippen LogP) is 9.03. The molecule has 0 saturated heterocycles. The molecule has 194 valence electrons. The number of benzene rings is 2. The van der Waals surface area contributed by atoms with Gasteiger partial charge in [0.15, 0.2) is 0 Å². The van der Waals surface area contributed by atoms with Crippen molar-refractivity contribution in [2.24, 2.45) is 29.1 Å². The van der Waals surface area contributed by atoms with Gasteiger partial charge in [0, 0.05) is 29.3 Å². The van der Waals surface area contributed by atoms with Crippen molar-refractivity contribution in [1.29, 1.82) is 0 Å². The lowest BCUT2D eigenvalue weighted by atomic mass is 9.38. The molecule has 0 radical (unpaired) electrons. The van der Waals surface area contributed by atoms with E-state index in [1.54, 1.807) is 11.1 Å². The summed E-state index contributed by atoms with van der Waals surface area (Å²) in [6.07, 6.45) is 19.9.